The lowest BCUT2D eigenvalue weighted by molar-refractivity contribution is 0.258. The molecule has 0 radical (unpaired) electrons. The van der Waals surface area contributed by atoms with Gasteiger partial charge in [-0.3, -0.25) is 0 Å². The summed E-state index contributed by atoms with van der Waals surface area (Å²) in [6.07, 6.45) is 1.77. The van der Waals surface area contributed by atoms with Gasteiger partial charge in [-0.15, -0.1) is 0 Å². The van der Waals surface area contributed by atoms with E-state index in [0.717, 1.165) is 25.1 Å². The van der Waals surface area contributed by atoms with E-state index in [4.69, 9.17) is 5.11 Å². The lowest BCUT2D eigenvalue weighted by Crippen LogP contribution is -2.23. The highest BCUT2D eigenvalue weighted by atomic mass is 32.2. The highest BCUT2D eigenvalue weighted by Gasteiger charge is 2.12. The molecule has 0 heterocycles. The molecular formula is C14H24N2O3S. The zero-order chi connectivity index (χ0) is 15.0. The van der Waals surface area contributed by atoms with Gasteiger partial charge in [0.1, 0.15) is 0 Å². The van der Waals surface area contributed by atoms with E-state index in [2.05, 4.69) is 17.0 Å². The monoisotopic (exact) mass is 300 g/mol. The Morgan fingerprint density at radius 1 is 1.20 bits per heavy atom. The normalized spacial score (nSPS) is 13.2. The molecular weight excluding hydrogens is 276 g/mol. The number of hydrogen-bond acceptors (Lipinski definition) is 4. The van der Waals surface area contributed by atoms with Crippen molar-refractivity contribution in [2.45, 2.75) is 31.6 Å². The molecule has 0 spiro atoms. The van der Waals surface area contributed by atoms with Crippen LogP contribution in [-0.2, 0) is 10.0 Å². The maximum atomic E-state index is 11.8. The molecule has 0 bridgehead atoms. The highest BCUT2D eigenvalue weighted by Crippen LogP contribution is 2.15. The molecule has 1 rings (SSSR count). The zero-order valence-corrected chi connectivity index (χ0v) is 12.9. The van der Waals surface area contributed by atoms with E-state index in [9.17, 15) is 8.42 Å². The molecule has 0 saturated heterocycles. The second kappa shape index (κ2) is 8.24. The van der Waals surface area contributed by atoms with Crippen LogP contribution in [-0.4, -0.2) is 33.2 Å². The van der Waals surface area contributed by atoms with Crippen molar-refractivity contribution in [1.29, 1.82) is 0 Å². The van der Waals surface area contributed by atoms with Crippen LogP contribution in [0.3, 0.4) is 0 Å². The van der Waals surface area contributed by atoms with Crippen molar-refractivity contribution in [1.82, 2.24) is 4.72 Å². The van der Waals surface area contributed by atoms with Crippen molar-refractivity contribution in [3.8, 4) is 0 Å². The summed E-state index contributed by atoms with van der Waals surface area (Å²) in [5.41, 5.74) is 0.886. The van der Waals surface area contributed by atoms with Crippen LogP contribution >= 0.6 is 0 Å². The Balaban J connectivity index is 2.63. The molecule has 6 heteroatoms. The van der Waals surface area contributed by atoms with Gasteiger partial charge in [0.2, 0.25) is 10.0 Å². The van der Waals surface area contributed by atoms with Crippen molar-refractivity contribution in [2.75, 3.05) is 25.0 Å². The van der Waals surface area contributed by atoms with Crippen LogP contribution in [0.2, 0.25) is 0 Å². The smallest absolute Gasteiger partial charge is 0.240 e. The molecule has 5 nitrogen and oxygen atoms in total. The number of nitrogens with one attached hydrogen (secondary N) is 2. The van der Waals surface area contributed by atoms with Crippen LogP contribution in [0.1, 0.15) is 26.7 Å². The van der Waals surface area contributed by atoms with Crippen molar-refractivity contribution in [3.63, 3.8) is 0 Å². The Morgan fingerprint density at radius 3 is 2.35 bits per heavy atom. The zero-order valence-electron chi connectivity index (χ0n) is 12.1. The Labute approximate surface area is 121 Å². The number of aliphatic hydroxyl groups is 1. The summed E-state index contributed by atoms with van der Waals surface area (Å²) < 4.78 is 26.0. The maximum absolute atomic E-state index is 11.8. The summed E-state index contributed by atoms with van der Waals surface area (Å²) in [5.74, 6) is 0.421. The molecule has 1 atom stereocenters. The Morgan fingerprint density at radius 2 is 1.85 bits per heavy atom. The minimum Gasteiger partial charge on any atom is -0.396 e. The molecule has 20 heavy (non-hydrogen) atoms. The maximum Gasteiger partial charge on any atom is 0.240 e. The van der Waals surface area contributed by atoms with Crippen molar-refractivity contribution in [2.24, 2.45) is 5.92 Å². The van der Waals surface area contributed by atoms with Gasteiger partial charge in [-0.05, 0) is 36.6 Å². The third-order valence-electron chi connectivity index (χ3n) is 3.21. The van der Waals surface area contributed by atoms with Gasteiger partial charge in [0.05, 0.1) is 4.90 Å². The quantitative estimate of drug-likeness (QED) is 0.650. The number of benzene rings is 1. The van der Waals surface area contributed by atoms with E-state index in [1.807, 2.05) is 0 Å². The molecule has 0 aliphatic heterocycles. The average molecular weight is 300 g/mol. The average Bonchev–Trinajstić information content (AvgIpc) is 2.44. The lowest BCUT2D eigenvalue weighted by Gasteiger charge is -2.15. The summed E-state index contributed by atoms with van der Waals surface area (Å²) in [6.45, 7) is 5.19. The van der Waals surface area contributed by atoms with Gasteiger partial charge in [-0.1, -0.05) is 20.3 Å². The third-order valence-corrected chi connectivity index (χ3v) is 4.77. The molecule has 0 saturated carbocycles. The first-order chi connectivity index (χ1) is 9.53. The van der Waals surface area contributed by atoms with E-state index < -0.39 is 10.0 Å². The fourth-order valence-corrected chi connectivity index (χ4v) is 2.96. The van der Waals surface area contributed by atoms with Crippen molar-refractivity contribution < 1.29 is 13.5 Å². The van der Waals surface area contributed by atoms with Gasteiger partial charge in [0.25, 0.3) is 0 Å². The van der Waals surface area contributed by atoms with Crippen LogP contribution in [0.15, 0.2) is 29.2 Å². The molecule has 1 unspecified atom stereocenters. The lowest BCUT2D eigenvalue weighted by atomic mass is 10.0. The summed E-state index contributed by atoms with van der Waals surface area (Å²) >= 11 is 0. The summed E-state index contributed by atoms with van der Waals surface area (Å²) in [6, 6.07) is 6.70. The molecule has 0 aliphatic rings. The van der Waals surface area contributed by atoms with Crippen molar-refractivity contribution >= 4 is 15.7 Å². The predicted octanol–water partition coefficient (Wildman–Crippen LogP) is 1.81. The fraction of sp³-hybridized carbons (Fsp3) is 0.571. The summed E-state index contributed by atoms with van der Waals surface area (Å²) in [5, 5.41) is 12.2. The van der Waals surface area contributed by atoms with Crippen LogP contribution in [0.4, 0.5) is 5.69 Å². The van der Waals surface area contributed by atoms with Gasteiger partial charge in [0.15, 0.2) is 0 Å². The molecule has 0 aromatic heterocycles. The first-order valence-corrected chi connectivity index (χ1v) is 8.46. The van der Waals surface area contributed by atoms with Gasteiger partial charge in [-0.2, -0.15) is 0 Å². The molecule has 1 aromatic carbocycles. The molecule has 114 valence electrons. The van der Waals surface area contributed by atoms with Crippen molar-refractivity contribution in [3.05, 3.63) is 24.3 Å². The Bertz CT molecular complexity index is 486. The third kappa shape index (κ3) is 5.11. The van der Waals surface area contributed by atoms with Crippen LogP contribution < -0.4 is 10.0 Å². The molecule has 0 fully saturated rings. The second-order valence-corrected chi connectivity index (χ2v) is 6.46. The Hall–Kier alpha value is -1.11. The first kappa shape index (κ1) is 16.9. The molecule has 0 aliphatic carbocycles. The van der Waals surface area contributed by atoms with Gasteiger partial charge >= 0.3 is 0 Å². The standard InChI is InChI=1S/C14H24N2O3S/c1-3-12(9-10-17)11-15-13-5-7-14(8-6-13)20(18,19)16-4-2/h5-8,12,15-17H,3-4,9-11H2,1-2H3. The SMILES string of the molecule is CCNS(=O)(=O)c1ccc(NCC(CC)CCO)cc1. The number of aliphatic hydroxyl groups excluding tert-OH is 1. The number of hydrogen-bond donors (Lipinski definition) is 3. The van der Waals surface area contributed by atoms with E-state index in [-0.39, 0.29) is 11.5 Å². The fourth-order valence-electron chi connectivity index (χ4n) is 1.92. The number of sulfonamides is 1. The van der Waals surface area contributed by atoms with Gasteiger partial charge < -0.3 is 10.4 Å². The van der Waals surface area contributed by atoms with E-state index >= 15 is 0 Å². The van der Waals surface area contributed by atoms with E-state index in [0.29, 0.717) is 12.5 Å². The van der Waals surface area contributed by atoms with Gasteiger partial charge in [-0.25, -0.2) is 13.1 Å². The van der Waals surface area contributed by atoms with Crippen LogP contribution in [0, 0.1) is 5.92 Å². The van der Waals surface area contributed by atoms with Crippen LogP contribution in [0.25, 0.3) is 0 Å². The second-order valence-electron chi connectivity index (χ2n) is 4.69. The number of anilines is 1. The minimum atomic E-state index is -3.38. The van der Waals surface area contributed by atoms with Crippen LogP contribution in [0.5, 0.6) is 0 Å². The molecule has 3 N–H and O–H groups in total. The first-order valence-electron chi connectivity index (χ1n) is 6.98. The minimum absolute atomic E-state index is 0.194. The van der Waals surface area contributed by atoms with E-state index in [1.165, 1.54) is 0 Å². The molecule has 0 amide bonds. The predicted molar refractivity (Wildman–Crippen MR) is 81.3 cm³/mol. The number of rotatable bonds is 9. The Kier molecular flexibility index (Phi) is 6.98. The van der Waals surface area contributed by atoms with Gasteiger partial charge in [0, 0.05) is 25.4 Å². The summed E-state index contributed by atoms with van der Waals surface area (Å²) in [4.78, 5) is 0.271. The topological polar surface area (TPSA) is 78.4 Å². The van der Waals surface area contributed by atoms with E-state index in [1.54, 1.807) is 31.2 Å². The highest BCUT2D eigenvalue weighted by molar-refractivity contribution is 7.89. The largest absolute Gasteiger partial charge is 0.396 e. The summed E-state index contributed by atoms with van der Waals surface area (Å²) in [7, 11) is -3.38. The molecule has 1 aromatic rings.